The fraction of sp³-hybridized carbons (Fsp3) is 0.364. The number of hydrogen-bond acceptors (Lipinski definition) is 1. The van der Waals surface area contributed by atoms with Crippen LogP contribution in [-0.2, 0) is 12.8 Å². The van der Waals surface area contributed by atoms with E-state index in [9.17, 15) is 0 Å². The molecule has 0 spiro atoms. The molecule has 1 rings (SSSR count). The summed E-state index contributed by atoms with van der Waals surface area (Å²) in [5, 5.41) is 8.88. The van der Waals surface area contributed by atoms with Crippen molar-refractivity contribution in [2.75, 3.05) is 0 Å². The van der Waals surface area contributed by atoms with Crippen molar-refractivity contribution in [2.45, 2.75) is 26.7 Å². The third kappa shape index (κ3) is 2.02. The van der Waals surface area contributed by atoms with E-state index in [-0.39, 0.29) is 0 Å². The maximum Gasteiger partial charge on any atom is 0.0994 e. The van der Waals surface area contributed by atoms with Crippen LogP contribution in [0, 0.1) is 14.9 Å². The quantitative estimate of drug-likeness (QED) is 0.765. The smallest absolute Gasteiger partial charge is 0.0994 e. The molecule has 0 aliphatic carbocycles. The molecule has 0 aliphatic heterocycles. The second-order valence-corrected chi connectivity index (χ2v) is 3.96. The lowest BCUT2D eigenvalue weighted by Gasteiger charge is -2.08. The Balaban J connectivity index is 3.34. The molecule has 0 saturated heterocycles. The van der Waals surface area contributed by atoms with Crippen LogP contribution in [0.1, 0.15) is 30.5 Å². The summed E-state index contributed by atoms with van der Waals surface area (Å²) in [6.45, 7) is 4.24. The van der Waals surface area contributed by atoms with E-state index < -0.39 is 0 Å². The maximum atomic E-state index is 8.88. The van der Waals surface area contributed by atoms with Crippen LogP contribution < -0.4 is 0 Å². The van der Waals surface area contributed by atoms with Crippen LogP contribution in [0.5, 0.6) is 0 Å². The summed E-state index contributed by atoms with van der Waals surface area (Å²) in [5.74, 6) is 0. The lowest BCUT2D eigenvalue weighted by Crippen LogP contribution is -1.96. The van der Waals surface area contributed by atoms with E-state index in [2.05, 4.69) is 48.6 Å². The number of nitrogens with zero attached hydrogens (tertiary/aromatic N) is 1. The molecule has 0 heterocycles. The van der Waals surface area contributed by atoms with Gasteiger partial charge in [-0.05, 0) is 52.6 Å². The van der Waals surface area contributed by atoms with Crippen molar-refractivity contribution in [3.63, 3.8) is 0 Å². The van der Waals surface area contributed by atoms with Gasteiger partial charge >= 0.3 is 0 Å². The van der Waals surface area contributed by atoms with E-state index in [4.69, 9.17) is 5.26 Å². The molecule has 2 heteroatoms. The van der Waals surface area contributed by atoms with Gasteiger partial charge in [-0.25, -0.2) is 0 Å². The molecule has 0 atom stereocenters. The number of nitriles is 1. The minimum absolute atomic E-state index is 0.823. The maximum absolute atomic E-state index is 8.88. The molecule has 1 aromatic rings. The van der Waals surface area contributed by atoms with Crippen LogP contribution in [0.25, 0.3) is 0 Å². The Kier molecular flexibility index (Phi) is 3.73. The molecule has 13 heavy (non-hydrogen) atoms. The number of benzene rings is 1. The van der Waals surface area contributed by atoms with Crippen LogP contribution in [-0.4, -0.2) is 0 Å². The topological polar surface area (TPSA) is 23.8 Å². The lowest BCUT2D eigenvalue weighted by atomic mass is 10.0. The zero-order chi connectivity index (χ0) is 9.84. The Bertz CT molecular complexity index is 350. The lowest BCUT2D eigenvalue weighted by molar-refractivity contribution is 1.06. The highest BCUT2D eigenvalue weighted by Crippen LogP contribution is 2.22. The molecule has 1 nitrogen and oxygen atoms in total. The highest BCUT2D eigenvalue weighted by molar-refractivity contribution is 14.1. The Morgan fingerprint density at radius 1 is 1.31 bits per heavy atom. The normalized spacial score (nSPS) is 9.69. The van der Waals surface area contributed by atoms with Crippen molar-refractivity contribution in [1.29, 1.82) is 5.26 Å². The standard InChI is InChI=1S/C11H12IN/c1-3-8-5-6-9(7-13)10(4-2)11(8)12/h5-6H,3-4H2,1-2H3. The molecule has 0 amide bonds. The summed E-state index contributed by atoms with van der Waals surface area (Å²) in [5.41, 5.74) is 3.36. The summed E-state index contributed by atoms with van der Waals surface area (Å²) < 4.78 is 1.27. The predicted molar refractivity (Wildman–Crippen MR) is 62.6 cm³/mol. The van der Waals surface area contributed by atoms with Crippen LogP contribution in [0.3, 0.4) is 0 Å². The van der Waals surface area contributed by atoms with Crippen LogP contribution in [0.15, 0.2) is 12.1 Å². The first-order valence-corrected chi connectivity index (χ1v) is 5.52. The fourth-order valence-electron chi connectivity index (χ4n) is 1.39. The summed E-state index contributed by atoms with van der Waals surface area (Å²) in [6.07, 6.45) is 1.98. The molecule has 0 unspecified atom stereocenters. The van der Waals surface area contributed by atoms with Gasteiger partial charge in [-0.1, -0.05) is 19.9 Å². The van der Waals surface area contributed by atoms with Gasteiger partial charge in [-0.2, -0.15) is 5.26 Å². The average molecular weight is 285 g/mol. The van der Waals surface area contributed by atoms with Crippen LogP contribution in [0.4, 0.5) is 0 Å². The zero-order valence-corrected chi connectivity index (χ0v) is 10.1. The van der Waals surface area contributed by atoms with E-state index in [0.29, 0.717) is 0 Å². The average Bonchev–Trinajstić information content (AvgIpc) is 2.17. The van der Waals surface area contributed by atoms with E-state index in [0.717, 1.165) is 18.4 Å². The van der Waals surface area contributed by atoms with E-state index in [1.165, 1.54) is 14.7 Å². The molecule has 0 bridgehead atoms. The predicted octanol–water partition coefficient (Wildman–Crippen LogP) is 3.29. The first-order valence-electron chi connectivity index (χ1n) is 4.44. The summed E-state index contributed by atoms with van der Waals surface area (Å²) in [4.78, 5) is 0. The second-order valence-electron chi connectivity index (χ2n) is 2.88. The molecule has 0 fully saturated rings. The minimum atomic E-state index is 0.823. The zero-order valence-electron chi connectivity index (χ0n) is 7.89. The van der Waals surface area contributed by atoms with Gasteiger partial charge in [-0.15, -0.1) is 0 Å². The number of hydrogen-bond donors (Lipinski definition) is 0. The van der Waals surface area contributed by atoms with Crippen LogP contribution in [0.2, 0.25) is 0 Å². The highest BCUT2D eigenvalue weighted by Gasteiger charge is 2.07. The van der Waals surface area contributed by atoms with Crippen molar-refractivity contribution in [2.24, 2.45) is 0 Å². The van der Waals surface area contributed by atoms with E-state index in [1.807, 2.05) is 6.07 Å². The molecule has 0 aromatic heterocycles. The van der Waals surface area contributed by atoms with Gasteiger partial charge in [0.25, 0.3) is 0 Å². The van der Waals surface area contributed by atoms with Gasteiger partial charge in [-0.3, -0.25) is 0 Å². The van der Waals surface area contributed by atoms with Gasteiger partial charge < -0.3 is 0 Å². The third-order valence-corrected chi connectivity index (χ3v) is 3.52. The Hall–Kier alpha value is -0.560. The first-order chi connectivity index (χ1) is 6.24. The Morgan fingerprint density at radius 2 is 2.00 bits per heavy atom. The van der Waals surface area contributed by atoms with E-state index in [1.54, 1.807) is 0 Å². The van der Waals surface area contributed by atoms with Crippen LogP contribution >= 0.6 is 22.6 Å². The molecule has 1 aromatic carbocycles. The number of aryl methyl sites for hydroxylation is 1. The SMILES string of the molecule is CCc1ccc(C#N)c(CC)c1I. The Morgan fingerprint density at radius 3 is 2.46 bits per heavy atom. The van der Waals surface area contributed by atoms with Crippen molar-refractivity contribution < 1.29 is 0 Å². The third-order valence-electron chi connectivity index (χ3n) is 2.18. The van der Waals surface area contributed by atoms with Gasteiger partial charge in [0.2, 0.25) is 0 Å². The molecular weight excluding hydrogens is 273 g/mol. The minimum Gasteiger partial charge on any atom is -0.192 e. The number of halogens is 1. The molecular formula is C11H12IN. The van der Waals surface area contributed by atoms with Crippen molar-refractivity contribution in [1.82, 2.24) is 0 Å². The van der Waals surface area contributed by atoms with Gasteiger partial charge in [0.05, 0.1) is 11.6 Å². The Labute approximate surface area is 92.9 Å². The van der Waals surface area contributed by atoms with Gasteiger partial charge in [0.1, 0.15) is 0 Å². The second kappa shape index (κ2) is 4.61. The van der Waals surface area contributed by atoms with Crippen molar-refractivity contribution in [3.05, 3.63) is 32.4 Å². The molecule has 0 radical (unpaired) electrons. The van der Waals surface area contributed by atoms with Crippen molar-refractivity contribution in [3.8, 4) is 6.07 Å². The molecule has 0 aliphatic rings. The number of rotatable bonds is 2. The van der Waals surface area contributed by atoms with Gasteiger partial charge in [0.15, 0.2) is 0 Å². The first kappa shape index (κ1) is 10.5. The summed E-state index contributed by atoms with van der Waals surface area (Å²) in [6, 6.07) is 6.22. The summed E-state index contributed by atoms with van der Waals surface area (Å²) in [7, 11) is 0. The largest absolute Gasteiger partial charge is 0.192 e. The highest BCUT2D eigenvalue weighted by atomic mass is 127. The molecule has 68 valence electrons. The van der Waals surface area contributed by atoms with Crippen molar-refractivity contribution >= 4 is 22.6 Å². The summed E-state index contributed by atoms with van der Waals surface area (Å²) >= 11 is 2.34. The van der Waals surface area contributed by atoms with E-state index >= 15 is 0 Å². The van der Waals surface area contributed by atoms with Gasteiger partial charge in [0, 0.05) is 3.57 Å². The monoisotopic (exact) mass is 285 g/mol. The fourth-order valence-corrected chi connectivity index (χ4v) is 2.63. The molecule has 0 N–H and O–H groups in total. The molecule has 0 saturated carbocycles.